The first kappa shape index (κ1) is 14.5. The predicted octanol–water partition coefficient (Wildman–Crippen LogP) is 2.67. The predicted molar refractivity (Wildman–Crippen MR) is 83.5 cm³/mol. The van der Waals surface area contributed by atoms with Gasteiger partial charge in [0.1, 0.15) is 11.0 Å². The lowest BCUT2D eigenvalue weighted by Gasteiger charge is -2.11. The van der Waals surface area contributed by atoms with Crippen molar-refractivity contribution in [1.29, 1.82) is 0 Å². The number of H-pyrrole nitrogens is 1. The number of benzene rings is 2. The van der Waals surface area contributed by atoms with E-state index < -0.39 is 6.10 Å². The zero-order valence-electron chi connectivity index (χ0n) is 11.5. The largest absolute Gasteiger partial charge is 0.388 e. The van der Waals surface area contributed by atoms with Crippen LogP contribution in [0.1, 0.15) is 18.1 Å². The van der Waals surface area contributed by atoms with Crippen LogP contribution in [0.2, 0.25) is 5.02 Å². The molecule has 22 heavy (non-hydrogen) atoms. The highest BCUT2D eigenvalue weighted by Crippen LogP contribution is 2.20. The Morgan fingerprint density at radius 1 is 1.18 bits per heavy atom. The molecule has 1 unspecified atom stereocenters. The highest BCUT2D eigenvalue weighted by Gasteiger charge is 2.13. The molecule has 0 aliphatic heterocycles. The van der Waals surface area contributed by atoms with Crippen molar-refractivity contribution in [3.63, 3.8) is 0 Å². The zero-order valence-corrected chi connectivity index (χ0v) is 12.2. The maximum Gasteiger partial charge on any atom is 0.227 e. The zero-order chi connectivity index (χ0) is 15.5. The number of rotatable bonds is 4. The number of aliphatic hydroxyl groups is 1. The van der Waals surface area contributed by atoms with E-state index in [1.54, 1.807) is 42.5 Å². The molecule has 0 aliphatic rings. The van der Waals surface area contributed by atoms with E-state index in [4.69, 9.17) is 11.6 Å². The summed E-state index contributed by atoms with van der Waals surface area (Å²) in [5.41, 5.74) is 2.64. The van der Waals surface area contributed by atoms with Gasteiger partial charge in [-0.1, -0.05) is 23.7 Å². The van der Waals surface area contributed by atoms with Crippen molar-refractivity contribution in [1.82, 2.24) is 15.4 Å². The molecule has 112 valence electrons. The fourth-order valence-electron chi connectivity index (χ4n) is 2.11. The number of aliphatic hydroxyl groups excluding tert-OH is 1. The van der Waals surface area contributed by atoms with Gasteiger partial charge in [0.05, 0.1) is 12.5 Å². The van der Waals surface area contributed by atoms with E-state index in [0.717, 1.165) is 5.52 Å². The Kier molecular flexibility index (Phi) is 4.04. The number of anilines is 1. The number of fused-ring (bicyclic) bond motifs is 1. The molecular formula is C15H13ClN4O2. The van der Waals surface area contributed by atoms with Gasteiger partial charge in [0.25, 0.3) is 0 Å². The molecule has 0 saturated carbocycles. The Hall–Kier alpha value is -2.44. The van der Waals surface area contributed by atoms with Crippen molar-refractivity contribution in [2.75, 3.05) is 5.32 Å². The molecule has 6 nitrogen and oxygen atoms in total. The second kappa shape index (κ2) is 6.13. The molecule has 3 aromatic rings. The van der Waals surface area contributed by atoms with Gasteiger partial charge in [-0.05, 0) is 35.9 Å². The van der Waals surface area contributed by atoms with Crippen LogP contribution in [0.15, 0.2) is 42.5 Å². The minimum Gasteiger partial charge on any atom is -0.388 e. The molecule has 3 rings (SSSR count). The second-order valence-electron chi connectivity index (χ2n) is 4.85. The van der Waals surface area contributed by atoms with Crippen molar-refractivity contribution < 1.29 is 9.90 Å². The van der Waals surface area contributed by atoms with Crippen molar-refractivity contribution in [2.45, 2.75) is 12.5 Å². The molecule has 0 radical (unpaired) electrons. The Bertz CT molecular complexity index is 801. The van der Waals surface area contributed by atoms with Crippen LogP contribution in [0.3, 0.4) is 0 Å². The van der Waals surface area contributed by atoms with Crippen LogP contribution in [0, 0.1) is 0 Å². The van der Waals surface area contributed by atoms with Gasteiger partial charge >= 0.3 is 0 Å². The topological polar surface area (TPSA) is 90.9 Å². The third kappa shape index (κ3) is 3.24. The monoisotopic (exact) mass is 316 g/mol. The SMILES string of the molecule is O=C(CC(O)c1ccc(Cl)cc1)Nc1ccc2n[nH]nc2c1. The standard InChI is InChI=1S/C15H13ClN4O2/c16-10-3-1-9(2-4-10)14(21)8-15(22)17-11-5-6-12-13(7-11)19-20-18-12/h1-7,14,21H,8H2,(H,17,22)(H,18,19,20). The minimum absolute atomic E-state index is 0.0432. The Morgan fingerprint density at radius 2 is 1.91 bits per heavy atom. The smallest absolute Gasteiger partial charge is 0.227 e. The Labute approximate surface area is 131 Å². The lowest BCUT2D eigenvalue weighted by molar-refractivity contribution is -0.118. The quantitative estimate of drug-likeness (QED) is 0.690. The fourth-order valence-corrected chi connectivity index (χ4v) is 2.23. The fraction of sp³-hybridized carbons (Fsp3) is 0.133. The maximum atomic E-state index is 12.0. The Balaban J connectivity index is 1.65. The molecule has 1 aromatic heterocycles. The van der Waals surface area contributed by atoms with E-state index in [9.17, 15) is 9.90 Å². The van der Waals surface area contributed by atoms with E-state index in [1.165, 1.54) is 0 Å². The van der Waals surface area contributed by atoms with E-state index in [1.807, 2.05) is 0 Å². The molecule has 1 amide bonds. The van der Waals surface area contributed by atoms with Crippen molar-refractivity contribution in [3.8, 4) is 0 Å². The van der Waals surface area contributed by atoms with Gasteiger partial charge in [-0.2, -0.15) is 15.4 Å². The molecule has 0 saturated heterocycles. The summed E-state index contributed by atoms with van der Waals surface area (Å²) in [5.74, 6) is -0.287. The highest BCUT2D eigenvalue weighted by molar-refractivity contribution is 6.30. The van der Waals surface area contributed by atoms with Gasteiger partial charge in [0.2, 0.25) is 5.91 Å². The van der Waals surface area contributed by atoms with Crippen LogP contribution in [0.5, 0.6) is 0 Å². The number of halogens is 1. The normalized spacial score (nSPS) is 12.3. The first-order valence-corrected chi connectivity index (χ1v) is 7.03. The minimum atomic E-state index is -0.881. The molecule has 0 bridgehead atoms. The van der Waals surface area contributed by atoms with E-state index >= 15 is 0 Å². The summed E-state index contributed by atoms with van der Waals surface area (Å²) >= 11 is 5.79. The van der Waals surface area contributed by atoms with E-state index in [2.05, 4.69) is 20.7 Å². The van der Waals surface area contributed by atoms with Crippen LogP contribution >= 0.6 is 11.6 Å². The summed E-state index contributed by atoms with van der Waals surface area (Å²) in [6, 6.07) is 11.9. The number of hydrogen-bond donors (Lipinski definition) is 3. The van der Waals surface area contributed by atoms with E-state index in [-0.39, 0.29) is 12.3 Å². The number of aromatic nitrogens is 3. The summed E-state index contributed by atoms with van der Waals surface area (Å²) in [6.07, 6.45) is -0.925. The first-order valence-electron chi connectivity index (χ1n) is 6.66. The molecule has 0 fully saturated rings. The van der Waals surface area contributed by atoms with Gasteiger partial charge in [-0.15, -0.1) is 0 Å². The van der Waals surface area contributed by atoms with Gasteiger partial charge in [0.15, 0.2) is 0 Å². The average molecular weight is 317 g/mol. The van der Waals surface area contributed by atoms with Crippen LogP contribution < -0.4 is 5.32 Å². The highest BCUT2D eigenvalue weighted by atomic mass is 35.5. The molecule has 2 aromatic carbocycles. The molecular weight excluding hydrogens is 304 g/mol. The molecule has 7 heteroatoms. The summed E-state index contributed by atoms with van der Waals surface area (Å²) in [4.78, 5) is 12.0. The third-order valence-corrected chi connectivity index (χ3v) is 3.49. The summed E-state index contributed by atoms with van der Waals surface area (Å²) in [5, 5.41) is 23.8. The van der Waals surface area contributed by atoms with Crippen LogP contribution in [0.4, 0.5) is 5.69 Å². The lowest BCUT2D eigenvalue weighted by Crippen LogP contribution is -2.15. The maximum absolute atomic E-state index is 12.0. The van der Waals surface area contributed by atoms with Crippen LogP contribution in [-0.2, 0) is 4.79 Å². The summed E-state index contributed by atoms with van der Waals surface area (Å²) < 4.78 is 0. The average Bonchev–Trinajstić information content (AvgIpc) is 2.95. The number of amides is 1. The van der Waals surface area contributed by atoms with Crippen molar-refractivity contribution >= 4 is 34.2 Å². The molecule has 1 atom stereocenters. The number of aromatic amines is 1. The number of nitrogens with zero attached hydrogens (tertiary/aromatic N) is 2. The van der Waals surface area contributed by atoms with Gasteiger partial charge in [-0.3, -0.25) is 4.79 Å². The summed E-state index contributed by atoms with van der Waals surface area (Å²) in [7, 11) is 0. The van der Waals surface area contributed by atoms with Crippen LogP contribution in [-0.4, -0.2) is 26.4 Å². The van der Waals surface area contributed by atoms with Gasteiger partial charge in [0, 0.05) is 10.7 Å². The van der Waals surface area contributed by atoms with Crippen molar-refractivity contribution in [2.24, 2.45) is 0 Å². The number of carbonyl (C=O) groups excluding carboxylic acids is 1. The molecule has 0 aliphatic carbocycles. The van der Waals surface area contributed by atoms with Crippen LogP contribution in [0.25, 0.3) is 11.0 Å². The first-order chi connectivity index (χ1) is 10.6. The lowest BCUT2D eigenvalue weighted by atomic mass is 10.1. The third-order valence-electron chi connectivity index (χ3n) is 3.23. The number of carbonyl (C=O) groups is 1. The molecule has 0 spiro atoms. The number of nitrogens with one attached hydrogen (secondary N) is 2. The van der Waals surface area contributed by atoms with Crippen molar-refractivity contribution in [3.05, 3.63) is 53.1 Å². The number of hydrogen-bond acceptors (Lipinski definition) is 4. The Morgan fingerprint density at radius 3 is 2.68 bits per heavy atom. The summed E-state index contributed by atoms with van der Waals surface area (Å²) in [6.45, 7) is 0. The van der Waals surface area contributed by atoms with E-state index in [0.29, 0.717) is 21.8 Å². The molecule has 3 N–H and O–H groups in total. The second-order valence-corrected chi connectivity index (χ2v) is 5.28. The van der Waals surface area contributed by atoms with Gasteiger partial charge < -0.3 is 10.4 Å². The van der Waals surface area contributed by atoms with Gasteiger partial charge in [-0.25, -0.2) is 0 Å². The molecule has 1 heterocycles.